The minimum atomic E-state index is -3.40. The van der Waals surface area contributed by atoms with E-state index in [1.54, 1.807) is 10.5 Å². The number of fused-ring (bicyclic) bond motifs is 3. The van der Waals surface area contributed by atoms with Crippen molar-refractivity contribution in [2.45, 2.75) is 55.8 Å². The number of nitrogens with one attached hydrogen (secondary N) is 1. The molecule has 4 rings (SSSR count). The van der Waals surface area contributed by atoms with Gasteiger partial charge in [0.25, 0.3) is 10.0 Å². The van der Waals surface area contributed by atoms with Crippen molar-refractivity contribution < 1.29 is 8.42 Å². The maximum absolute atomic E-state index is 12.9. The fourth-order valence-electron chi connectivity index (χ4n) is 3.70. The molecule has 21 heavy (non-hydrogen) atoms. The summed E-state index contributed by atoms with van der Waals surface area (Å²) in [6.07, 6.45) is 6.61. The summed E-state index contributed by atoms with van der Waals surface area (Å²) in [7, 11) is -3.40. The minimum absolute atomic E-state index is 0. The van der Waals surface area contributed by atoms with Crippen LogP contribution in [0.15, 0.2) is 11.2 Å². The van der Waals surface area contributed by atoms with Gasteiger partial charge in [0.15, 0.2) is 5.03 Å². The van der Waals surface area contributed by atoms with E-state index >= 15 is 0 Å². The van der Waals surface area contributed by atoms with Crippen molar-refractivity contribution in [3.8, 4) is 0 Å². The smallest absolute Gasteiger partial charge is 0.260 e. The number of imidazole rings is 1. The van der Waals surface area contributed by atoms with Crippen LogP contribution < -0.4 is 5.32 Å². The molecule has 2 fully saturated rings. The summed E-state index contributed by atoms with van der Waals surface area (Å²) in [5.74, 6) is 0.915. The van der Waals surface area contributed by atoms with Gasteiger partial charge in [-0.2, -0.15) is 4.31 Å². The van der Waals surface area contributed by atoms with Gasteiger partial charge in [-0.1, -0.05) is 0 Å². The highest BCUT2D eigenvalue weighted by atomic mass is 35.5. The molecule has 0 aromatic carbocycles. The summed E-state index contributed by atoms with van der Waals surface area (Å²) in [6.45, 7) is 2.00. The van der Waals surface area contributed by atoms with Crippen LogP contribution in [0.2, 0.25) is 0 Å². The normalized spacial score (nSPS) is 29.0. The maximum Gasteiger partial charge on any atom is 0.260 e. The van der Waals surface area contributed by atoms with Crippen molar-refractivity contribution >= 4 is 22.4 Å². The van der Waals surface area contributed by atoms with Crippen LogP contribution >= 0.6 is 12.4 Å². The van der Waals surface area contributed by atoms with E-state index in [9.17, 15) is 8.42 Å². The number of aromatic nitrogens is 2. The van der Waals surface area contributed by atoms with E-state index in [1.165, 1.54) is 6.42 Å². The predicted octanol–water partition coefficient (Wildman–Crippen LogP) is 0.766. The number of halogens is 1. The average molecular weight is 333 g/mol. The van der Waals surface area contributed by atoms with Gasteiger partial charge in [-0.3, -0.25) is 0 Å². The molecule has 0 aliphatic carbocycles. The summed E-state index contributed by atoms with van der Waals surface area (Å²) < 4.78 is 29.3. The van der Waals surface area contributed by atoms with Crippen molar-refractivity contribution in [1.29, 1.82) is 0 Å². The Labute approximate surface area is 131 Å². The number of aryl methyl sites for hydroxylation is 1. The number of rotatable bonds is 2. The Hall–Kier alpha value is -0.630. The molecular weight excluding hydrogens is 312 g/mol. The van der Waals surface area contributed by atoms with Gasteiger partial charge in [0.05, 0.1) is 6.20 Å². The lowest BCUT2D eigenvalue weighted by atomic mass is 10.1. The Kier molecular flexibility index (Phi) is 4.02. The molecule has 0 radical (unpaired) electrons. The highest BCUT2D eigenvalue weighted by Crippen LogP contribution is 2.27. The first-order chi connectivity index (χ1) is 9.64. The zero-order valence-electron chi connectivity index (χ0n) is 11.9. The monoisotopic (exact) mass is 332 g/mol. The predicted molar refractivity (Wildman–Crippen MR) is 81.1 cm³/mol. The van der Waals surface area contributed by atoms with Crippen molar-refractivity contribution in [2.75, 3.05) is 13.1 Å². The molecule has 2 saturated heterocycles. The van der Waals surface area contributed by atoms with E-state index in [1.807, 2.05) is 4.57 Å². The molecule has 3 aliphatic rings. The fourth-order valence-corrected chi connectivity index (χ4v) is 5.35. The van der Waals surface area contributed by atoms with Crippen molar-refractivity contribution in [3.05, 3.63) is 12.0 Å². The van der Waals surface area contributed by atoms with Crippen molar-refractivity contribution in [2.24, 2.45) is 0 Å². The molecule has 0 amide bonds. The first-order valence-electron chi connectivity index (χ1n) is 7.45. The lowest BCUT2D eigenvalue weighted by Gasteiger charge is -2.23. The van der Waals surface area contributed by atoms with Crippen LogP contribution in [-0.2, 0) is 23.0 Å². The number of nitrogens with zero attached hydrogens (tertiary/aromatic N) is 3. The molecule has 0 spiro atoms. The Morgan fingerprint density at radius 3 is 2.86 bits per heavy atom. The van der Waals surface area contributed by atoms with E-state index in [2.05, 4.69) is 10.3 Å². The largest absolute Gasteiger partial charge is 0.318 e. The quantitative estimate of drug-likeness (QED) is 0.868. The minimum Gasteiger partial charge on any atom is -0.318 e. The molecular formula is C13H21ClN4O2S. The first kappa shape index (κ1) is 15.3. The SMILES string of the molecule is Cl.O=S(=O)(c1cnc2n1CCC2)N1CCC2CCC(C1)N2. The topological polar surface area (TPSA) is 67.2 Å². The van der Waals surface area contributed by atoms with E-state index in [-0.39, 0.29) is 12.4 Å². The lowest BCUT2D eigenvalue weighted by Crippen LogP contribution is -2.39. The Morgan fingerprint density at radius 2 is 2.00 bits per heavy atom. The third-order valence-corrected chi connectivity index (χ3v) is 6.64. The maximum atomic E-state index is 12.9. The van der Waals surface area contributed by atoms with Crippen LogP contribution in [-0.4, -0.2) is 47.4 Å². The molecule has 1 aromatic heterocycles. The molecule has 3 aliphatic heterocycles. The molecule has 8 heteroatoms. The van der Waals surface area contributed by atoms with E-state index in [4.69, 9.17) is 0 Å². The third-order valence-electron chi connectivity index (χ3n) is 4.77. The zero-order chi connectivity index (χ0) is 13.7. The van der Waals surface area contributed by atoms with Crippen LogP contribution in [0.1, 0.15) is 31.5 Å². The molecule has 118 valence electrons. The van der Waals surface area contributed by atoms with Crippen molar-refractivity contribution in [1.82, 2.24) is 19.2 Å². The standard InChI is InChI=1S/C13H20N4O2S.ClH/c18-20(19,13-8-14-12-2-1-6-17(12)13)16-7-5-10-3-4-11(9-16)15-10;/h8,10-11,15H,1-7,9H2;1H. The Bertz CT molecular complexity index is 630. The highest BCUT2D eigenvalue weighted by molar-refractivity contribution is 7.89. The van der Waals surface area contributed by atoms with Crippen LogP contribution in [0.5, 0.6) is 0 Å². The summed E-state index contributed by atoms with van der Waals surface area (Å²) in [5, 5.41) is 3.92. The van der Waals surface area contributed by atoms with Crippen LogP contribution in [0.25, 0.3) is 0 Å². The van der Waals surface area contributed by atoms with E-state index < -0.39 is 10.0 Å². The molecule has 2 bridgehead atoms. The fraction of sp³-hybridized carbons (Fsp3) is 0.769. The van der Waals surface area contributed by atoms with Gasteiger partial charge in [-0.05, 0) is 25.7 Å². The summed E-state index contributed by atoms with van der Waals surface area (Å²) >= 11 is 0. The van der Waals surface area contributed by atoms with Crippen molar-refractivity contribution in [3.63, 3.8) is 0 Å². The molecule has 4 heterocycles. The van der Waals surface area contributed by atoms with Crippen LogP contribution in [0.3, 0.4) is 0 Å². The first-order valence-corrected chi connectivity index (χ1v) is 8.89. The zero-order valence-corrected chi connectivity index (χ0v) is 13.5. The lowest BCUT2D eigenvalue weighted by molar-refractivity contribution is 0.379. The molecule has 2 atom stereocenters. The number of hydrogen-bond acceptors (Lipinski definition) is 4. The van der Waals surface area contributed by atoms with Gasteiger partial charge in [0.1, 0.15) is 5.82 Å². The van der Waals surface area contributed by atoms with Gasteiger partial charge >= 0.3 is 0 Å². The summed E-state index contributed by atoms with van der Waals surface area (Å²) in [5.41, 5.74) is 0. The number of hydrogen-bond donors (Lipinski definition) is 1. The summed E-state index contributed by atoms with van der Waals surface area (Å²) in [4.78, 5) is 4.27. The summed E-state index contributed by atoms with van der Waals surface area (Å²) in [6, 6.07) is 0.814. The Morgan fingerprint density at radius 1 is 1.19 bits per heavy atom. The molecule has 0 saturated carbocycles. The van der Waals surface area contributed by atoms with Gasteiger partial charge < -0.3 is 9.88 Å². The third kappa shape index (κ3) is 2.50. The molecule has 6 nitrogen and oxygen atoms in total. The van der Waals surface area contributed by atoms with Crippen LogP contribution in [0, 0.1) is 0 Å². The van der Waals surface area contributed by atoms with E-state index in [0.29, 0.717) is 30.2 Å². The second kappa shape index (κ2) is 5.53. The van der Waals surface area contributed by atoms with E-state index in [0.717, 1.165) is 38.1 Å². The van der Waals surface area contributed by atoms with Crippen LogP contribution in [0.4, 0.5) is 0 Å². The Balaban J connectivity index is 0.00000132. The van der Waals surface area contributed by atoms with Gasteiger partial charge in [0.2, 0.25) is 0 Å². The molecule has 1 N–H and O–H groups in total. The molecule has 2 unspecified atom stereocenters. The average Bonchev–Trinajstić information content (AvgIpc) is 3.03. The molecule has 1 aromatic rings. The van der Waals surface area contributed by atoms with Gasteiger partial charge in [-0.15, -0.1) is 12.4 Å². The van der Waals surface area contributed by atoms with Gasteiger partial charge in [-0.25, -0.2) is 13.4 Å². The van der Waals surface area contributed by atoms with Gasteiger partial charge in [0, 0.05) is 38.1 Å². The number of sulfonamides is 1. The second-order valence-corrected chi connectivity index (χ2v) is 7.94. The highest BCUT2D eigenvalue weighted by Gasteiger charge is 2.37. The second-order valence-electron chi connectivity index (χ2n) is 6.06.